The SMILES string of the molecule is CC(C)(C)OC(=O)C1CC=C2c3ccccc3NC2C12C(=O)N(C(=O)OC(C)(C)C)c1ccc(F)cc12. The highest BCUT2D eigenvalue weighted by Crippen LogP contribution is 2.58. The molecule has 2 aromatic rings. The van der Waals surface area contributed by atoms with Gasteiger partial charge in [-0.05, 0) is 83.4 Å². The molecule has 5 rings (SSSR count). The summed E-state index contributed by atoms with van der Waals surface area (Å²) in [7, 11) is 0. The molecule has 0 saturated carbocycles. The molecule has 1 aliphatic carbocycles. The van der Waals surface area contributed by atoms with Gasteiger partial charge in [-0.25, -0.2) is 14.1 Å². The number of nitrogens with one attached hydrogen (secondary N) is 1. The number of nitrogens with zero attached hydrogens (tertiary/aromatic N) is 1. The zero-order chi connectivity index (χ0) is 26.9. The zero-order valence-electron chi connectivity index (χ0n) is 21.8. The van der Waals surface area contributed by atoms with Gasteiger partial charge in [-0.3, -0.25) is 9.59 Å². The van der Waals surface area contributed by atoms with Crippen molar-refractivity contribution in [1.29, 1.82) is 0 Å². The lowest BCUT2D eigenvalue weighted by Gasteiger charge is -2.43. The van der Waals surface area contributed by atoms with Crippen molar-refractivity contribution < 1.29 is 28.2 Å². The molecule has 2 aromatic carbocycles. The summed E-state index contributed by atoms with van der Waals surface area (Å²) in [5.74, 6) is -2.82. The van der Waals surface area contributed by atoms with E-state index in [4.69, 9.17) is 9.47 Å². The smallest absolute Gasteiger partial charge is 0.421 e. The quantitative estimate of drug-likeness (QED) is 0.508. The summed E-state index contributed by atoms with van der Waals surface area (Å²) in [6, 6.07) is 10.7. The fourth-order valence-corrected chi connectivity index (χ4v) is 5.67. The zero-order valence-corrected chi connectivity index (χ0v) is 21.8. The van der Waals surface area contributed by atoms with Crippen molar-refractivity contribution in [2.24, 2.45) is 5.92 Å². The molecule has 2 aliphatic heterocycles. The van der Waals surface area contributed by atoms with E-state index >= 15 is 0 Å². The van der Waals surface area contributed by atoms with Gasteiger partial charge in [-0.1, -0.05) is 24.3 Å². The van der Waals surface area contributed by atoms with E-state index in [-0.39, 0.29) is 17.7 Å². The number of fused-ring (bicyclic) bond motifs is 6. The van der Waals surface area contributed by atoms with E-state index in [1.165, 1.54) is 18.2 Å². The molecular weight excluding hydrogens is 475 g/mol. The standard InChI is InChI=1S/C29H31FN2O5/c1-27(2,3)36-24(33)19-13-12-18-17-9-7-8-10-21(17)31-23(18)29(19)20-15-16(30)11-14-22(20)32(25(29)34)26(35)37-28(4,5)6/h7-12,14-15,19,23,31H,13H2,1-6H3. The number of rotatable bonds is 1. The third-order valence-electron chi connectivity index (χ3n) is 6.90. The molecule has 0 bridgehead atoms. The van der Waals surface area contributed by atoms with Gasteiger partial charge in [0, 0.05) is 11.3 Å². The Morgan fingerprint density at radius 1 is 1.03 bits per heavy atom. The van der Waals surface area contributed by atoms with Crippen LogP contribution in [0.2, 0.25) is 0 Å². The average molecular weight is 507 g/mol. The molecule has 7 nitrogen and oxygen atoms in total. The van der Waals surface area contributed by atoms with Gasteiger partial charge >= 0.3 is 12.1 Å². The van der Waals surface area contributed by atoms with E-state index in [1.807, 2.05) is 30.3 Å². The first-order valence-corrected chi connectivity index (χ1v) is 12.4. The van der Waals surface area contributed by atoms with Gasteiger partial charge in [0.15, 0.2) is 0 Å². The molecule has 0 saturated heterocycles. The number of amides is 2. The van der Waals surface area contributed by atoms with Crippen LogP contribution in [0.4, 0.5) is 20.6 Å². The highest BCUT2D eigenvalue weighted by molar-refractivity contribution is 6.24. The Morgan fingerprint density at radius 3 is 2.38 bits per heavy atom. The van der Waals surface area contributed by atoms with Gasteiger partial charge in [-0.2, -0.15) is 0 Å². The number of imide groups is 1. The highest BCUT2D eigenvalue weighted by atomic mass is 19.1. The van der Waals surface area contributed by atoms with Crippen molar-refractivity contribution in [3.63, 3.8) is 0 Å². The highest BCUT2D eigenvalue weighted by Gasteiger charge is 2.67. The minimum Gasteiger partial charge on any atom is -0.460 e. The third-order valence-corrected chi connectivity index (χ3v) is 6.90. The van der Waals surface area contributed by atoms with Crippen LogP contribution in [0.15, 0.2) is 48.5 Å². The molecule has 8 heteroatoms. The van der Waals surface area contributed by atoms with E-state index in [9.17, 15) is 18.8 Å². The van der Waals surface area contributed by atoms with Crippen LogP contribution in [0.25, 0.3) is 5.57 Å². The molecule has 2 amide bonds. The van der Waals surface area contributed by atoms with Gasteiger partial charge in [0.2, 0.25) is 0 Å². The number of benzene rings is 2. The summed E-state index contributed by atoms with van der Waals surface area (Å²) in [5.41, 5.74) is -0.350. The number of hydrogen-bond acceptors (Lipinski definition) is 6. The topological polar surface area (TPSA) is 84.9 Å². The summed E-state index contributed by atoms with van der Waals surface area (Å²) < 4.78 is 26.2. The first-order chi connectivity index (χ1) is 17.2. The molecule has 37 heavy (non-hydrogen) atoms. The van der Waals surface area contributed by atoms with Crippen LogP contribution in [-0.2, 0) is 24.5 Å². The van der Waals surface area contributed by atoms with Crippen molar-refractivity contribution in [3.8, 4) is 0 Å². The molecule has 1 N–H and O–H groups in total. The molecule has 3 atom stereocenters. The van der Waals surface area contributed by atoms with Gasteiger partial charge in [-0.15, -0.1) is 0 Å². The van der Waals surface area contributed by atoms with Crippen LogP contribution in [0.3, 0.4) is 0 Å². The van der Waals surface area contributed by atoms with Gasteiger partial charge < -0.3 is 14.8 Å². The number of anilines is 2. The second-order valence-electron chi connectivity index (χ2n) is 11.8. The van der Waals surface area contributed by atoms with E-state index < -0.39 is 52.4 Å². The second-order valence-corrected chi connectivity index (χ2v) is 11.8. The third kappa shape index (κ3) is 3.90. The molecular formula is C29H31FN2O5. The monoisotopic (exact) mass is 506 g/mol. The Balaban J connectivity index is 1.75. The fourth-order valence-electron chi connectivity index (χ4n) is 5.67. The average Bonchev–Trinajstić information content (AvgIpc) is 3.26. The Morgan fingerprint density at radius 2 is 1.70 bits per heavy atom. The maximum Gasteiger partial charge on any atom is 0.421 e. The number of ether oxygens (including phenoxy) is 2. The van der Waals surface area contributed by atoms with E-state index in [1.54, 1.807) is 41.5 Å². The van der Waals surface area contributed by atoms with Crippen LogP contribution in [0.5, 0.6) is 0 Å². The lowest BCUT2D eigenvalue weighted by atomic mass is 9.60. The van der Waals surface area contributed by atoms with Crippen molar-refractivity contribution in [2.45, 2.75) is 70.6 Å². The molecule has 2 heterocycles. The number of esters is 1. The Labute approximate surface area is 215 Å². The molecule has 3 unspecified atom stereocenters. The maximum absolute atomic E-state index is 14.8. The minimum atomic E-state index is -1.64. The van der Waals surface area contributed by atoms with Crippen LogP contribution in [0, 0.1) is 11.7 Å². The predicted octanol–water partition coefficient (Wildman–Crippen LogP) is 5.58. The molecule has 0 radical (unpaired) electrons. The van der Waals surface area contributed by atoms with Crippen molar-refractivity contribution in [1.82, 2.24) is 0 Å². The summed E-state index contributed by atoms with van der Waals surface area (Å²) in [6.45, 7) is 10.4. The lowest BCUT2D eigenvalue weighted by Crippen LogP contribution is -2.60. The van der Waals surface area contributed by atoms with Crippen LogP contribution in [0.1, 0.15) is 59.1 Å². The van der Waals surface area contributed by atoms with Crippen LogP contribution >= 0.6 is 0 Å². The number of halogens is 1. The molecule has 3 aliphatic rings. The maximum atomic E-state index is 14.8. The minimum absolute atomic E-state index is 0.181. The Hall–Kier alpha value is -3.68. The largest absolute Gasteiger partial charge is 0.460 e. The molecule has 194 valence electrons. The summed E-state index contributed by atoms with van der Waals surface area (Å²) >= 11 is 0. The molecule has 0 aromatic heterocycles. The molecule has 0 fully saturated rings. The number of hydrogen-bond donors (Lipinski definition) is 1. The van der Waals surface area contributed by atoms with Crippen molar-refractivity contribution >= 4 is 34.9 Å². The summed E-state index contributed by atoms with van der Waals surface area (Å²) in [5, 5.41) is 3.42. The predicted molar refractivity (Wildman–Crippen MR) is 138 cm³/mol. The first-order valence-electron chi connectivity index (χ1n) is 12.4. The van der Waals surface area contributed by atoms with E-state index in [0.717, 1.165) is 21.7 Å². The van der Waals surface area contributed by atoms with Gasteiger partial charge in [0.25, 0.3) is 5.91 Å². The van der Waals surface area contributed by atoms with Crippen molar-refractivity contribution in [3.05, 3.63) is 65.5 Å². The number of carbonyl (C=O) groups is 3. The number of allylic oxidation sites excluding steroid dienone is 1. The molecule has 1 spiro atoms. The Bertz CT molecular complexity index is 1350. The van der Waals surface area contributed by atoms with Crippen molar-refractivity contribution in [2.75, 3.05) is 10.2 Å². The summed E-state index contributed by atoms with van der Waals surface area (Å²) in [4.78, 5) is 42.6. The Kier molecular flexibility index (Phi) is 5.51. The van der Waals surface area contributed by atoms with E-state index in [2.05, 4.69) is 5.32 Å². The van der Waals surface area contributed by atoms with Crippen LogP contribution in [-0.4, -0.2) is 35.2 Å². The first kappa shape index (κ1) is 25.0. The van der Waals surface area contributed by atoms with Crippen LogP contribution < -0.4 is 10.2 Å². The number of para-hydroxylation sites is 1. The van der Waals surface area contributed by atoms with Gasteiger partial charge in [0.05, 0.1) is 17.6 Å². The van der Waals surface area contributed by atoms with Gasteiger partial charge in [0.1, 0.15) is 22.4 Å². The fraction of sp³-hybridized carbons (Fsp3) is 0.414. The normalized spacial score (nSPS) is 24.1. The second kappa shape index (κ2) is 8.16. The number of carbonyl (C=O) groups excluding carboxylic acids is 3. The lowest BCUT2D eigenvalue weighted by molar-refractivity contribution is -0.164. The summed E-state index contributed by atoms with van der Waals surface area (Å²) in [6.07, 6.45) is 1.24. The van der Waals surface area contributed by atoms with E-state index in [0.29, 0.717) is 0 Å².